The van der Waals surface area contributed by atoms with Gasteiger partial charge in [-0.25, -0.2) is 0 Å². The number of nitrogens with one attached hydrogen (secondary N) is 1. The summed E-state index contributed by atoms with van der Waals surface area (Å²) >= 11 is 0. The van der Waals surface area contributed by atoms with Crippen molar-refractivity contribution in [1.82, 2.24) is 20.0 Å². The molecule has 7 nitrogen and oxygen atoms in total. The first-order chi connectivity index (χ1) is 11.8. The van der Waals surface area contributed by atoms with Crippen molar-refractivity contribution in [3.63, 3.8) is 0 Å². The van der Waals surface area contributed by atoms with Crippen LogP contribution in [-0.2, 0) is 11.2 Å². The second-order valence-corrected chi connectivity index (χ2v) is 8.04. The first-order valence-electron chi connectivity index (χ1n) is 9.10. The number of likely N-dealkylation sites (tertiary alicyclic amines) is 2. The molecule has 0 aromatic carbocycles. The largest absolute Gasteiger partial charge is 0.384 e. The molecule has 3 heterocycles. The summed E-state index contributed by atoms with van der Waals surface area (Å²) in [7, 11) is 0. The monoisotopic (exact) mass is 348 g/mol. The number of aromatic amines is 1. The van der Waals surface area contributed by atoms with Crippen LogP contribution in [0.1, 0.15) is 49.8 Å². The Morgan fingerprint density at radius 2 is 1.88 bits per heavy atom. The van der Waals surface area contributed by atoms with Crippen molar-refractivity contribution < 1.29 is 14.7 Å². The normalized spacial score (nSPS) is 20.7. The van der Waals surface area contributed by atoms with Gasteiger partial charge in [0, 0.05) is 37.3 Å². The molecule has 1 unspecified atom stereocenters. The highest BCUT2D eigenvalue weighted by Crippen LogP contribution is 2.40. The highest BCUT2D eigenvalue weighted by Gasteiger charge is 2.47. The van der Waals surface area contributed by atoms with Gasteiger partial charge in [-0.2, -0.15) is 5.10 Å². The van der Waals surface area contributed by atoms with Gasteiger partial charge in [-0.15, -0.1) is 0 Å². The highest BCUT2D eigenvalue weighted by atomic mass is 16.3. The minimum atomic E-state index is -0.932. The van der Waals surface area contributed by atoms with Gasteiger partial charge in [0.2, 0.25) is 0 Å². The van der Waals surface area contributed by atoms with Crippen LogP contribution in [0, 0.1) is 11.3 Å². The molecule has 2 saturated heterocycles. The minimum absolute atomic E-state index is 0.0163. The lowest BCUT2D eigenvalue weighted by Crippen LogP contribution is -2.63. The van der Waals surface area contributed by atoms with Gasteiger partial charge < -0.3 is 14.9 Å². The van der Waals surface area contributed by atoms with Crippen molar-refractivity contribution >= 4 is 11.8 Å². The molecule has 138 valence electrons. The number of H-pyrrole nitrogens is 1. The summed E-state index contributed by atoms with van der Waals surface area (Å²) in [4.78, 5) is 28.0. The molecule has 2 fully saturated rings. The van der Waals surface area contributed by atoms with E-state index in [0.29, 0.717) is 37.8 Å². The lowest BCUT2D eigenvalue weighted by molar-refractivity contribution is -0.154. The maximum atomic E-state index is 12.6. The predicted molar refractivity (Wildman–Crippen MR) is 93.0 cm³/mol. The molecule has 3 rings (SSSR count). The zero-order chi connectivity index (χ0) is 18.2. The van der Waals surface area contributed by atoms with Crippen LogP contribution in [0.25, 0.3) is 0 Å². The first-order valence-corrected chi connectivity index (χ1v) is 9.10. The Labute approximate surface area is 148 Å². The number of rotatable bonds is 4. The van der Waals surface area contributed by atoms with Crippen molar-refractivity contribution in [3.05, 3.63) is 17.5 Å². The number of aromatic nitrogens is 2. The van der Waals surface area contributed by atoms with Crippen molar-refractivity contribution in [1.29, 1.82) is 0 Å². The third kappa shape index (κ3) is 3.71. The number of aliphatic hydroxyl groups excluding tert-OH is 1. The van der Waals surface area contributed by atoms with E-state index in [0.717, 1.165) is 25.0 Å². The van der Waals surface area contributed by atoms with E-state index in [1.807, 2.05) is 11.0 Å². The van der Waals surface area contributed by atoms with Gasteiger partial charge >= 0.3 is 0 Å². The smallest absolute Gasteiger partial charge is 0.274 e. The summed E-state index contributed by atoms with van der Waals surface area (Å²) in [6.07, 6.45) is 1.74. The molecule has 1 atom stereocenters. The van der Waals surface area contributed by atoms with Gasteiger partial charge in [-0.05, 0) is 38.2 Å². The average Bonchev–Trinajstić information content (AvgIpc) is 2.99. The number of amides is 2. The number of hydrogen-bond acceptors (Lipinski definition) is 4. The van der Waals surface area contributed by atoms with E-state index in [-0.39, 0.29) is 17.2 Å². The van der Waals surface area contributed by atoms with E-state index in [2.05, 4.69) is 24.0 Å². The molecule has 2 aliphatic rings. The summed E-state index contributed by atoms with van der Waals surface area (Å²) in [6, 6.07) is 1.86. The van der Waals surface area contributed by atoms with Gasteiger partial charge in [-0.3, -0.25) is 14.7 Å². The average molecular weight is 348 g/mol. The summed E-state index contributed by atoms with van der Waals surface area (Å²) < 4.78 is 0. The van der Waals surface area contributed by atoms with Crippen LogP contribution in [0.15, 0.2) is 6.07 Å². The number of carbonyl (C=O) groups excluding carboxylic acids is 2. The quantitative estimate of drug-likeness (QED) is 0.851. The number of carbonyl (C=O) groups is 2. The van der Waals surface area contributed by atoms with E-state index < -0.39 is 6.10 Å². The molecule has 2 aliphatic heterocycles. The molecule has 1 aromatic rings. The maximum Gasteiger partial charge on any atom is 0.274 e. The molecule has 25 heavy (non-hydrogen) atoms. The lowest BCUT2D eigenvalue weighted by Gasteiger charge is -2.54. The number of aliphatic hydroxyl groups is 1. The molecule has 0 aliphatic carbocycles. The van der Waals surface area contributed by atoms with Crippen LogP contribution in [0.2, 0.25) is 0 Å². The second kappa shape index (κ2) is 6.78. The van der Waals surface area contributed by atoms with E-state index in [1.54, 1.807) is 4.90 Å². The van der Waals surface area contributed by atoms with E-state index in [9.17, 15) is 14.7 Å². The number of hydrogen-bond donors (Lipinski definition) is 2. The Bertz CT molecular complexity index is 637. The van der Waals surface area contributed by atoms with Gasteiger partial charge in [0.1, 0.15) is 11.8 Å². The number of piperidine rings is 1. The van der Waals surface area contributed by atoms with Crippen LogP contribution in [0.3, 0.4) is 0 Å². The molecule has 7 heteroatoms. The molecule has 0 bridgehead atoms. The van der Waals surface area contributed by atoms with Crippen molar-refractivity contribution in [2.75, 3.05) is 26.2 Å². The molecule has 2 N–H and O–H groups in total. The molecule has 2 amide bonds. The summed E-state index contributed by atoms with van der Waals surface area (Å²) in [5, 5.41) is 16.5. The molecule has 0 radical (unpaired) electrons. The molecular formula is C18H28N4O3. The van der Waals surface area contributed by atoms with Crippen molar-refractivity contribution in [3.8, 4) is 0 Å². The van der Waals surface area contributed by atoms with E-state index in [1.165, 1.54) is 6.92 Å². The van der Waals surface area contributed by atoms with Crippen LogP contribution < -0.4 is 0 Å². The van der Waals surface area contributed by atoms with Crippen LogP contribution in [0.4, 0.5) is 0 Å². The summed E-state index contributed by atoms with van der Waals surface area (Å²) in [5.74, 6) is 0.305. The SMILES string of the molecule is CC(C)Cc1cc(C(=O)N2CCC3(CC2)CN(C(=O)C(C)O)C3)n[nH]1. The number of nitrogens with zero attached hydrogens (tertiary/aromatic N) is 3. The predicted octanol–water partition coefficient (Wildman–Crippen LogP) is 1.05. The Morgan fingerprint density at radius 1 is 1.24 bits per heavy atom. The highest BCUT2D eigenvalue weighted by molar-refractivity contribution is 5.92. The molecule has 1 aromatic heterocycles. The minimum Gasteiger partial charge on any atom is -0.384 e. The molecule has 1 spiro atoms. The molecular weight excluding hydrogens is 320 g/mol. The zero-order valence-electron chi connectivity index (χ0n) is 15.3. The van der Waals surface area contributed by atoms with Gasteiger partial charge in [-0.1, -0.05) is 13.8 Å². The fourth-order valence-corrected chi connectivity index (χ4v) is 3.86. The van der Waals surface area contributed by atoms with Crippen molar-refractivity contribution in [2.45, 2.75) is 46.1 Å². The van der Waals surface area contributed by atoms with E-state index in [4.69, 9.17) is 0 Å². The van der Waals surface area contributed by atoms with Gasteiger partial charge in [0.15, 0.2) is 0 Å². The fourth-order valence-electron chi connectivity index (χ4n) is 3.86. The zero-order valence-corrected chi connectivity index (χ0v) is 15.3. The van der Waals surface area contributed by atoms with Crippen molar-refractivity contribution in [2.24, 2.45) is 11.3 Å². The maximum absolute atomic E-state index is 12.6. The first kappa shape index (κ1) is 17.9. The summed E-state index contributed by atoms with van der Waals surface area (Å²) in [6.45, 7) is 8.56. The van der Waals surface area contributed by atoms with E-state index >= 15 is 0 Å². The van der Waals surface area contributed by atoms with Crippen LogP contribution in [0.5, 0.6) is 0 Å². The van der Waals surface area contributed by atoms with Crippen LogP contribution >= 0.6 is 0 Å². The third-order valence-corrected chi connectivity index (χ3v) is 5.31. The van der Waals surface area contributed by atoms with Crippen LogP contribution in [-0.4, -0.2) is 69.2 Å². The summed E-state index contributed by atoms with van der Waals surface area (Å²) in [5.41, 5.74) is 1.61. The fraction of sp³-hybridized carbons (Fsp3) is 0.722. The molecule has 0 saturated carbocycles. The lowest BCUT2D eigenvalue weighted by atomic mass is 9.71. The van der Waals surface area contributed by atoms with Gasteiger partial charge in [0.05, 0.1) is 0 Å². The topological polar surface area (TPSA) is 89.5 Å². The Morgan fingerprint density at radius 3 is 2.44 bits per heavy atom. The standard InChI is InChI=1S/C18H28N4O3/c1-12(2)8-14-9-15(20-19-14)17(25)21-6-4-18(5-7-21)10-22(11-18)16(24)13(3)23/h9,12-13,23H,4-8,10-11H2,1-3H3,(H,19,20). The Kier molecular flexibility index (Phi) is 4.86. The second-order valence-electron chi connectivity index (χ2n) is 8.04. The Hall–Kier alpha value is -1.89. The third-order valence-electron chi connectivity index (χ3n) is 5.31. The Balaban J connectivity index is 1.52. The van der Waals surface area contributed by atoms with Gasteiger partial charge in [0.25, 0.3) is 11.8 Å².